The standard InChI is InChI=1S/C26H27ClN4O4/c1-17-16-30(8-9-31(17)26(33)34)25(32)19-4-7-21-22(27)15-23(28-24(21)14-19)18-2-5-20(6-3-18)29-10-12-35-13-11-29/h2-7,14-15,17H,8-13,16H2,1H3,(H,33,34)/t17-/m1/s1. The van der Waals surface area contributed by atoms with Crippen LogP contribution in [0.2, 0.25) is 5.02 Å². The lowest BCUT2D eigenvalue weighted by atomic mass is 10.1. The summed E-state index contributed by atoms with van der Waals surface area (Å²) in [6.45, 7) is 6.04. The Morgan fingerprint density at radius 3 is 2.46 bits per heavy atom. The predicted molar refractivity (Wildman–Crippen MR) is 135 cm³/mol. The zero-order chi connectivity index (χ0) is 24.5. The molecule has 2 aliphatic rings. The van der Waals surface area contributed by atoms with E-state index in [0.717, 1.165) is 48.6 Å². The molecule has 2 saturated heterocycles. The van der Waals surface area contributed by atoms with Crippen LogP contribution in [0.3, 0.4) is 0 Å². The fourth-order valence-electron chi connectivity index (χ4n) is 4.74. The van der Waals surface area contributed by atoms with E-state index < -0.39 is 6.09 Å². The summed E-state index contributed by atoms with van der Waals surface area (Å²) in [5, 5.41) is 10.6. The maximum atomic E-state index is 13.2. The fourth-order valence-corrected chi connectivity index (χ4v) is 5.00. The Morgan fingerprint density at radius 2 is 1.77 bits per heavy atom. The molecule has 1 atom stereocenters. The highest BCUT2D eigenvalue weighted by molar-refractivity contribution is 6.35. The molecule has 1 N–H and O–H groups in total. The normalized spacial score (nSPS) is 18.7. The number of pyridine rings is 1. The van der Waals surface area contributed by atoms with Crippen molar-refractivity contribution >= 4 is 40.2 Å². The van der Waals surface area contributed by atoms with Crippen molar-refractivity contribution in [2.45, 2.75) is 13.0 Å². The van der Waals surface area contributed by atoms with Gasteiger partial charge in [-0.15, -0.1) is 0 Å². The van der Waals surface area contributed by atoms with Crippen molar-refractivity contribution in [3.05, 3.63) is 59.1 Å². The van der Waals surface area contributed by atoms with Crippen LogP contribution in [0.15, 0.2) is 48.5 Å². The van der Waals surface area contributed by atoms with Crippen LogP contribution in [0.25, 0.3) is 22.2 Å². The summed E-state index contributed by atoms with van der Waals surface area (Å²) in [6, 6.07) is 15.2. The minimum Gasteiger partial charge on any atom is -0.465 e. The largest absolute Gasteiger partial charge is 0.465 e. The highest BCUT2D eigenvalue weighted by Crippen LogP contribution is 2.30. The van der Waals surface area contributed by atoms with Crippen molar-refractivity contribution in [2.75, 3.05) is 50.8 Å². The molecule has 0 radical (unpaired) electrons. The average molecular weight is 495 g/mol. The van der Waals surface area contributed by atoms with E-state index in [2.05, 4.69) is 17.0 Å². The van der Waals surface area contributed by atoms with Crippen molar-refractivity contribution in [1.82, 2.24) is 14.8 Å². The van der Waals surface area contributed by atoms with E-state index in [0.29, 0.717) is 35.7 Å². The number of hydrogen-bond acceptors (Lipinski definition) is 5. The van der Waals surface area contributed by atoms with Gasteiger partial charge in [-0.25, -0.2) is 9.78 Å². The van der Waals surface area contributed by atoms with E-state index in [1.54, 1.807) is 17.0 Å². The zero-order valence-electron chi connectivity index (χ0n) is 19.5. The molecule has 0 aliphatic carbocycles. The number of ether oxygens (including phenoxy) is 1. The molecule has 5 rings (SSSR count). The number of carbonyl (C=O) groups is 2. The molecule has 3 heterocycles. The lowest BCUT2D eigenvalue weighted by Gasteiger charge is -2.38. The number of carboxylic acid groups (broad SMARTS) is 1. The summed E-state index contributed by atoms with van der Waals surface area (Å²) >= 11 is 6.59. The number of anilines is 1. The zero-order valence-corrected chi connectivity index (χ0v) is 20.2. The van der Waals surface area contributed by atoms with Crippen LogP contribution in [-0.4, -0.2) is 83.9 Å². The Labute approximate surface area is 208 Å². The third-order valence-electron chi connectivity index (χ3n) is 6.71. The first-order valence-corrected chi connectivity index (χ1v) is 12.1. The van der Waals surface area contributed by atoms with Crippen molar-refractivity contribution < 1.29 is 19.4 Å². The maximum Gasteiger partial charge on any atom is 0.407 e. The minimum absolute atomic E-state index is 0.137. The number of carbonyl (C=O) groups excluding carboxylic acids is 1. The number of fused-ring (bicyclic) bond motifs is 1. The predicted octanol–water partition coefficient (Wildman–Crippen LogP) is 4.22. The van der Waals surface area contributed by atoms with Gasteiger partial charge in [-0.1, -0.05) is 29.8 Å². The molecule has 8 nitrogen and oxygen atoms in total. The smallest absolute Gasteiger partial charge is 0.407 e. The maximum absolute atomic E-state index is 13.2. The van der Waals surface area contributed by atoms with Crippen LogP contribution in [-0.2, 0) is 4.74 Å². The van der Waals surface area contributed by atoms with Gasteiger partial charge in [0.2, 0.25) is 0 Å². The van der Waals surface area contributed by atoms with E-state index >= 15 is 0 Å². The lowest BCUT2D eigenvalue weighted by Crippen LogP contribution is -2.55. The van der Waals surface area contributed by atoms with Crippen molar-refractivity contribution in [1.29, 1.82) is 0 Å². The summed E-state index contributed by atoms with van der Waals surface area (Å²) in [4.78, 5) is 34.7. The van der Waals surface area contributed by atoms with Gasteiger partial charge in [0.25, 0.3) is 5.91 Å². The molecule has 3 aromatic rings. The van der Waals surface area contributed by atoms with Gasteiger partial charge in [0.05, 0.1) is 29.4 Å². The Bertz CT molecular complexity index is 1260. The molecule has 2 fully saturated rings. The molecule has 0 unspecified atom stereocenters. The van der Waals surface area contributed by atoms with Crippen LogP contribution in [0.4, 0.5) is 10.5 Å². The van der Waals surface area contributed by atoms with Gasteiger partial charge in [-0.05, 0) is 37.3 Å². The number of benzene rings is 2. The van der Waals surface area contributed by atoms with Gasteiger partial charge in [-0.3, -0.25) is 4.79 Å². The Kier molecular flexibility index (Phi) is 6.49. The Balaban J connectivity index is 1.39. The summed E-state index contributed by atoms with van der Waals surface area (Å²) in [6.07, 6.45) is -0.959. The second-order valence-electron chi connectivity index (χ2n) is 8.94. The number of halogens is 1. The number of piperazine rings is 1. The van der Waals surface area contributed by atoms with E-state index in [9.17, 15) is 14.7 Å². The quantitative estimate of drug-likeness (QED) is 0.587. The van der Waals surface area contributed by atoms with Gasteiger partial charge in [0, 0.05) is 61.0 Å². The third-order valence-corrected chi connectivity index (χ3v) is 7.02. The first kappa shape index (κ1) is 23.4. The Hall–Kier alpha value is -3.36. The number of rotatable bonds is 3. The van der Waals surface area contributed by atoms with Crippen molar-refractivity contribution in [2.24, 2.45) is 0 Å². The second kappa shape index (κ2) is 9.71. The van der Waals surface area contributed by atoms with E-state index in [1.807, 2.05) is 31.2 Å². The fraction of sp³-hybridized carbons (Fsp3) is 0.346. The molecule has 0 saturated carbocycles. The van der Waals surface area contributed by atoms with Crippen LogP contribution < -0.4 is 4.90 Å². The van der Waals surface area contributed by atoms with Gasteiger partial charge in [-0.2, -0.15) is 0 Å². The van der Waals surface area contributed by atoms with Crippen LogP contribution in [0.1, 0.15) is 17.3 Å². The second-order valence-corrected chi connectivity index (χ2v) is 9.35. The van der Waals surface area contributed by atoms with Crippen molar-refractivity contribution in [3.8, 4) is 11.3 Å². The van der Waals surface area contributed by atoms with Crippen LogP contribution in [0, 0.1) is 0 Å². The molecule has 9 heteroatoms. The number of amides is 2. The van der Waals surface area contributed by atoms with Gasteiger partial charge >= 0.3 is 6.09 Å². The monoisotopic (exact) mass is 494 g/mol. The molecule has 0 spiro atoms. The molecule has 35 heavy (non-hydrogen) atoms. The lowest BCUT2D eigenvalue weighted by molar-refractivity contribution is 0.0507. The first-order chi connectivity index (χ1) is 16.9. The Morgan fingerprint density at radius 1 is 1.03 bits per heavy atom. The number of hydrogen-bond donors (Lipinski definition) is 1. The summed E-state index contributed by atoms with van der Waals surface area (Å²) in [5.41, 5.74) is 3.99. The van der Waals surface area contributed by atoms with Crippen molar-refractivity contribution in [3.63, 3.8) is 0 Å². The number of morpholine rings is 1. The third kappa shape index (κ3) is 4.76. The van der Waals surface area contributed by atoms with Crippen LogP contribution in [0.5, 0.6) is 0 Å². The molecular weight excluding hydrogens is 468 g/mol. The van der Waals surface area contributed by atoms with E-state index in [-0.39, 0.29) is 11.9 Å². The average Bonchev–Trinajstić information content (AvgIpc) is 2.88. The summed E-state index contributed by atoms with van der Waals surface area (Å²) in [7, 11) is 0. The summed E-state index contributed by atoms with van der Waals surface area (Å²) in [5.74, 6) is -0.137. The topological polar surface area (TPSA) is 86.2 Å². The molecule has 2 aromatic carbocycles. The first-order valence-electron chi connectivity index (χ1n) is 11.7. The highest BCUT2D eigenvalue weighted by Gasteiger charge is 2.30. The van der Waals surface area contributed by atoms with E-state index in [1.165, 1.54) is 4.90 Å². The molecule has 182 valence electrons. The minimum atomic E-state index is -0.959. The molecule has 1 aromatic heterocycles. The molecule has 2 amide bonds. The molecule has 0 bridgehead atoms. The molecule has 2 aliphatic heterocycles. The number of nitrogens with zero attached hydrogens (tertiary/aromatic N) is 4. The highest BCUT2D eigenvalue weighted by atomic mass is 35.5. The SMILES string of the molecule is C[C@@H]1CN(C(=O)c2ccc3c(Cl)cc(-c4ccc(N5CCOCC5)cc4)nc3c2)CCN1C(=O)O. The molecular formula is C26H27ClN4O4. The van der Waals surface area contributed by atoms with Gasteiger partial charge < -0.3 is 24.5 Å². The number of aromatic nitrogens is 1. The van der Waals surface area contributed by atoms with E-state index in [4.69, 9.17) is 21.3 Å². The van der Waals surface area contributed by atoms with Gasteiger partial charge in [0.1, 0.15) is 0 Å². The van der Waals surface area contributed by atoms with Gasteiger partial charge in [0.15, 0.2) is 0 Å². The van der Waals surface area contributed by atoms with Crippen LogP contribution >= 0.6 is 11.6 Å². The summed E-state index contributed by atoms with van der Waals surface area (Å²) < 4.78 is 5.43.